The number of benzene rings is 4. The molecular weight excluding hydrogens is 688 g/mol. The number of nitrogens with zero attached hydrogens (tertiary/aromatic N) is 2. The summed E-state index contributed by atoms with van der Waals surface area (Å²) in [6, 6.07) is 23.4. The van der Waals surface area contributed by atoms with Crippen LogP contribution < -0.4 is 9.62 Å². The molecule has 0 aliphatic carbocycles. The summed E-state index contributed by atoms with van der Waals surface area (Å²) in [6.07, 6.45) is 0.140. The van der Waals surface area contributed by atoms with E-state index in [2.05, 4.69) is 5.32 Å². The summed E-state index contributed by atoms with van der Waals surface area (Å²) in [5, 5.41) is 3.85. The third-order valence-corrected chi connectivity index (χ3v) is 10.0. The van der Waals surface area contributed by atoms with E-state index in [1.807, 2.05) is 51.1 Å². The zero-order valence-corrected chi connectivity index (χ0v) is 29.2. The van der Waals surface area contributed by atoms with E-state index in [1.54, 1.807) is 30.3 Å². The molecule has 1 N–H and O–H groups in total. The van der Waals surface area contributed by atoms with Crippen molar-refractivity contribution < 1.29 is 18.0 Å². The van der Waals surface area contributed by atoms with Crippen LogP contribution in [-0.2, 0) is 32.6 Å². The molecule has 2 amide bonds. The minimum atomic E-state index is -4.33. The molecular formula is C34H33Cl4N3O4S. The van der Waals surface area contributed by atoms with Gasteiger partial charge >= 0.3 is 0 Å². The van der Waals surface area contributed by atoms with Crippen molar-refractivity contribution in [3.05, 3.63) is 128 Å². The lowest BCUT2D eigenvalue weighted by Crippen LogP contribution is -2.54. The number of sulfonamides is 1. The number of aryl methyl sites for hydroxylation is 1. The standard InChI is InChI=1S/C34H33Cl4N3O4S/c1-22(2)39-34(43)32(16-24-8-5-4-6-9-24)40(20-29-30(37)10-7-11-31(29)38)33(42)21-41(27-18-25(35)17-26(36)19-27)46(44,45)28-14-12-23(3)13-15-28/h4-15,17-19,22,32H,16,20-21H2,1-3H3,(H,39,43)/t32-/m0/s1. The lowest BCUT2D eigenvalue weighted by molar-refractivity contribution is -0.140. The second-order valence-corrected chi connectivity index (χ2v) is 14.6. The molecule has 0 fully saturated rings. The molecule has 0 heterocycles. The van der Waals surface area contributed by atoms with Crippen LogP contribution >= 0.6 is 46.4 Å². The summed E-state index contributed by atoms with van der Waals surface area (Å²) >= 11 is 25.7. The Morgan fingerprint density at radius 1 is 0.804 bits per heavy atom. The Morgan fingerprint density at radius 3 is 1.96 bits per heavy atom. The highest BCUT2D eigenvalue weighted by Crippen LogP contribution is 2.31. The minimum absolute atomic E-state index is 0.0407. The number of anilines is 1. The first-order valence-electron chi connectivity index (χ1n) is 14.4. The summed E-state index contributed by atoms with van der Waals surface area (Å²) in [6.45, 7) is 4.60. The fourth-order valence-electron chi connectivity index (χ4n) is 4.84. The van der Waals surface area contributed by atoms with Crippen molar-refractivity contribution in [1.29, 1.82) is 0 Å². The molecule has 0 unspecified atom stereocenters. The molecule has 46 heavy (non-hydrogen) atoms. The quantitative estimate of drug-likeness (QED) is 0.161. The van der Waals surface area contributed by atoms with Crippen molar-refractivity contribution in [2.75, 3.05) is 10.8 Å². The number of nitrogens with one attached hydrogen (secondary N) is 1. The normalized spacial score (nSPS) is 12.1. The number of halogens is 4. The topological polar surface area (TPSA) is 86.8 Å². The van der Waals surface area contributed by atoms with Crippen LogP contribution in [0.4, 0.5) is 5.69 Å². The third-order valence-electron chi connectivity index (χ3n) is 7.12. The summed E-state index contributed by atoms with van der Waals surface area (Å²) in [4.78, 5) is 29.7. The van der Waals surface area contributed by atoms with Crippen LogP contribution in [0.3, 0.4) is 0 Å². The van der Waals surface area contributed by atoms with Crippen LogP contribution in [-0.4, -0.2) is 43.8 Å². The third kappa shape index (κ3) is 8.96. The highest BCUT2D eigenvalue weighted by molar-refractivity contribution is 7.92. The largest absolute Gasteiger partial charge is 0.352 e. The molecule has 0 saturated carbocycles. The molecule has 4 rings (SSSR count). The van der Waals surface area contributed by atoms with Gasteiger partial charge in [0.2, 0.25) is 11.8 Å². The van der Waals surface area contributed by atoms with Gasteiger partial charge in [0.05, 0.1) is 10.6 Å². The molecule has 4 aromatic rings. The maximum Gasteiger partial charge on any atom is 0.264 e. The van der Waals surface area contributed by atoms with Crippen LogP contribution in [0.2, 0.25) is 20.1 Å². The van der Waals surface area contributed by atoms with E-state index >= 15 is 0 Å². The number of carbonyl (C=O) groups is 2. The van der Waals surface area contributed by atoms with Gasteiger partial charge in [0.15, 0.2) is 0 Å². The lowest BCUT2D eigenvalue weighted by Gasteiger charge is -2.34. The van der Waals surface area contributed by atoms with Crippen LogP contribution in [0.25, 0.3) is 0 Å². The lowest BCUT2D eigenvalue weighted by atomic mass is 10.0. The van der Waals surface area contributed by atoms with Gasteiger partial charge in [-0.3, -0.25) is 13.9 Å². The van der Waals surface area contributed by atoms with Gasteiger partial charge in [-0.25, -0.2) is 8.42 Å². The molecule has 0 bridgehead atoms. The first-order valence-corrected chi connectivity index (χ1v) is 17.3. The second kappa shape index (κ2) is 15.5. The summed E-state index contributed by atoms with van der Waals surface area (Å²) in [5.74, 6) is -1.10. The zero-order chi connectivity index (χ0) is 33.6. The predicted octanol–water partition coefficient (Wildman–Crippen LogP) is 7.97. The number of hydrogen-bond donors (Lipinski definition) is 1. The highest BCUT2D eigenvalue weighted by atomic mass is 35.5. The van der Waals surface area contributed by atoms with E-state index in [-0.39, 0.29) is 39.6 Å². The second-order valence-electron chi connectivity index (χ2n) is 11.0. The predicted molar refractivity (Wildman–Crippen MR) is 186 cm³/mol. The monoisotopic (exact) mass is 719 g/mol. The molecule has 0 spiro atoms. The van der Waals surface area contributed by atoms with Crippen LogP contribution in [0.1, 0.15) is 30.5 Å². The van der Waals surface area contributed by atoms with Crippen LogP contribution in [0, 0.1) is 6.92 Å². The van der Waals surface area contributed by atoms with Crippen molar-refractivity contribution in [3.63, 3.8) is 0 Å². The first kappa shape index (κ1) is 35.6. The van der Waals surface area contributed by atoms with E-state index in [9.17, 15) is 18.0 Å². The summed E-state index contributed by atoms with van der Waals surface area (Å²) in [7, 11) is -4.33. The molecule has 12 heteroatoms. The molecule has 0 radical (unpaired) electrons. The van der Waals surface area contributed by atoms with Crippen molar-refractivity contribution in [2.24, 2.45) is 0 Å². The van der Waals surface area contributed by atoms with E-state index in [0.29, 0.717) is 15.6 Å². The molecule has 7 nitrogen and oxygen atoms in total. The Labute approximate surface area is 290 Å². The Kier molecular flexibility index (Phi) is 12.0. The molecule has 0 aliphatic rings. The Bertz CT molecular complexity index is 1760. The maximum atomic E-state index is 14.6. The van der Waals surface area contributed by atoms with Gasteiger partial charge in [0, 0.05) is 44.7 Å². The minimum Gasteiger partial charge on any atom is -0.352 e. The van der Waals surface area contributed by atoms with Crippen LogP contribution in [0.15, 0.2) is 95.9 Å². The van der Waals surface area contributed by atoms with E-state index in [4.69, 9.17) is 46.4 Å². The number of carbonyl (C=O) groups excluding carboxylic acids is 2. The van der Waals surface area contributed by atoms with Gasteiger partial charge in [0.25, 0.3) is 10.0 Å². The number of amides is 2. The van der Waals surface area contributed by atoms with Gasteiger partial charge in [0.1, 0.15) is 12.6 Å². The molecule has 0 aliphatic heterocycles. The van der Waals surface area contributed by atoms with Gasteiger partial charge in [-0.1, -0.05) is 100 Å². The average molecular weight is 722 g/mol. The smallest absolute Gasteiger partial charge is 0.264 e. The van der Waals surface area contributed by atoms with E-state index in [1.165, 1.54) is 35.2 Å². The zero-order valence-electron chi connectivity index (χ0n) is 25.4. The van der Waals surface area contributed by atoms with Crippen molar-refractivity contribution in [3.8, 4) is 0 Å². The number of rotatable bonds is 12. The molecule has 4 aromatic carbocycles. The van der Waals surface area contributed by atoms with Crippen LogP contribution in [0.5, 0.6) is 0 Å². The highest BCUT2D eigenvalue weighted by Gasteiger charge is 2.35. The fraction of sp³-hybridized carbons (Fsp3) is 0.235. The van der Waals surface area contributed by atoms with Crippen molar-refractivity contribution >= 4 is 73.9 Å². The van der Waals surface area contributed by atoms with Gasteiger partial charge in [-0.05, 0) is 68.8 Å². The SMILES string of the molecule is Cc1ccc(S(=O)(=O)N(CC(=O)N(Cc2c(Cl)cccc2Cl)[C@@H](Cc2ccccc2)C(=O)NC(C)C)c2cc(Cl)cc(Cl)c2)cc1. The van der Waals surface area contributed by atoms with E-state index < -0.39 is 34.4 Å². The molecule has 242 valence electrons. The number of hydrogen-bond acceptors (Lipinski definition) is 4. The summed E-state index contributed by atoms with van der Waals surface area (Å²) < 4.78 is 29.3. The van der Waals surface area contributed by atoms with E-state index in [0.717, 1.165) is 15.4 Å². The molecule has 0 saturated heterocycles. The Morgan fingerprint density at radius 2 is 1.39 bits per heavy atom. The average Bonchev–Trinajstić information content (AvgIpc) is 2.98. The van der Waals surface area contributed by atoms with Gasteiger partial charge in [-0.15, -0.1) is 0 Å². The van der Waals surface area contributed by atoms with Gasteiger partial charge < -0.3 is 10.2 Å². The first-order chi connectivity index (χ1) is 21.8. The Hall–Kier alpha value is -3.27. The van der Waals surface area contributed by atoms with Crippen molar-refractivity contribution in [1.82, 2.24) is 10.2 Å². The maximum absolute atomic E-state index is 14.6. The molecule has 0 aromatic heterocycles. The summed E-state index contributed by atoms with van der Waals surface area (Å²) in [5.41, 5.74) is 2.14. The van der Waals surface area contributed by atoms with Crippen molar-refractivity contribution in [2.45, 2.75) is 50.7 Å². The molecule has 1 atom stereocenters. The fourth-order valence-corrected chi connectivity index (χ4v) is 7.27. The Balaban J connectivity index is 1.86. The van der Waals surface area contributed by atoms with Gasteiger partial charge in [-0.2, -0.15) is 0 Å².